The fourth-order valence-electron chi connectivity index (χ4n) is 4.28. The average Bonchev–Trinajstić information content (AvgIpc) is 3.12. The standard InChI is InChI=1S/C29H37NO3/c1-7-8-11-18-30-26-13-10-9-12-24(26)19-27(30)23-14-16-25(17-15-23)33-29(5,6)20-22(4)32-28(31)21(2)3/h9-10,12-17,19,22H,2,7-8,11,18,20H2,1,3-6H3. The van der Waals surface area contributed by atoms with Crippen molar-refractivity contribution in [3.63, 3.8) is 0 Å². The van der Waals surface area contributed by atoms with E-state index in [2.05, 4.69) is 60.5 Å². The fourth-order valence-corrected chi connectivity index (χ4v) is 4.28. The number of carbonyl (C=O) groups excluding carboxylic acids is 1. The number of aryl methyl sites for hydroxylation is 1. The monoisotopic (exact) mass is 447 g/mol. The molecule has 1 aromatic heterocycles. The molecule has 0 fully saturated rings. The second kappa shape index (κ2) is 10.7. The quantitative estimate of drug-likeness (QED) is 0.173. The highest BCUT2D eigenvalue weighted by atomic mass is 16.5. The largest absolute Gasteiger partial charge is 0.488 e. The molecule has 0 bridgehead atoms. The molecule has 33 heavy (non-hydrogen) atoms. The van der Waals surface area contributed by atoms with Crippen LogP contribution in [0.3, 0.4) is 0 Å². The first-order valence-corrected chi connectivity index (χ1v) is 11.9. The van der Waals surface area contributed by atoms with Gasteiger partial charge in [-0.05, 0) is 76.1 Å². The second-order valence-corrected chi connectivity index (χ2v) is 9.53. The minimum Gasteiger partial charge on any atom is -0.488 e. The van der Waals surface area contributed by atoms with Gasteiger partial charge in [0.15, 0.2) is 0 Å². The van der Waals surface area contributed by atoms with Crippen LogP contribution in [-0.4, -0.2) is 22.2 Å². The molecule has 3 rings (SSSR count). The van der Waals surface area contributed by atoms with E-state index < -0.39 is 5.60 Å². The summed E-state index contributed by atoms with van der Waals surface area (Å²) < 4.78 is 14.1. The molecule has 0 saturated heterocycles. The minimum atomic E-state index is -0.481. The number of aromatic nitrogens is 1. The second-order valence-electron chi connectivity index (χ2n) is 9.53. The van der Waals surface area contributed by atoms with E-state index in [0.717, 1.165) is 12.3 Å². The van der Waals surface area contributed by atoms with Crippen molar-refractivity contribution in [1.29, 1.82) is 0 Å². The third-order valence-corrected chi connectivity index (χ3v) is 5.78. The number of hydrogen-bond donors (Lipinski definition) is 0. The van der Waals surface area contributed by atoms with Crippen molar-refractivity contribution in [3.05, 3.63) is 66.7 Å². The Balaban J connectivity index is 1.75. The van der Waals surface area contributed by atoms with Gasteiger partial charge in [-0.2, -0.15) is 0 Å². The van der Waals surface area contributed by atoms with Crippen molar-refractivity contribution in [2.45, 2.75) is 78.6 Å². The lowest BCUT2D eigenvalue weighted by Gasteiger charge is -2.29. The maximum atomic E-state index is 11.8. The summed E-state index contributed by atoms with van der Waals surface area (Å²) in [4.78, 5) is 11.8. The van der Waals surface area contributed by atoms with Crippen molar-refractivity contribution in [2.24, 2.45) is 0 Å². The van der Waals surface area contributed by atoms with Crippen molar-refractivity contribution in [1.82, 2.24) is 4.57 Å². The Kier molecular flexibility index (Phi) is 8.01. The number of fused-ring (bicyclic) bond motifs is 1. The number of ether oxygens (including phenoxy) is 2. The van der Waals surface area contributed by atoms with Crippen LogP contribution in [-0.2, 0) is 16.1 Å². The number of benzene rings is 2. The Morgan fingerprint density at radius 3 is 2.45 bits per heavy atom. The van der Waals surface area contributed by atoms with Crippen molar-refractivity contribution >= 4 is 16.9 Å². The summed E-state index contributed by atoms with van der Waals surface area (Å²) in [7, 11) is 0. The van der Waals surface area contributed by atoms with E-state index in [0.29, 0.717) is 12.0 Å². The molecular formula is C29H37NO3. The molecule has 0 aliphatic heterocycles. The SMILES string of the molecule is C=C(C)C(=O)OC(C)CC(C)(C)Oc1ccc(-c2cc3ccccc3n2CCCCC)cc1. The van der Waals surface area contributed by atoms with Crippen LogP contribution in [0.4, 0.5) is 0 Å². The molecule has 3 aromatic rings. The van der Waals surface area contributed by atoms with Crippen LogP contribution in [0.5, 0.6) is 5.75 Å². The first-order chi connectivity index (χ1) is 15.7. The normalized spacial score (nSPS) is 12.5. The van der Waals surface area contributed by atoms with Gasteiger partial charge in [0, 0.05) is 35.1 Å². The number of unbranched alkanes of at least 4 members (excludes halogenated alkanes) is 2. The number of carbonyl (C=O) groups is 1. The molecule has 1 heterocycles. The zero-order valence-corrected chi connectivity index (χ0v) is 20.7. The Bertz CT molecular complexity index is 1090. The van der Waals surface area contributed by atoms with Gasteiger partial charge in [0.1, 0.15) is 17.5 Å². The lowest BCUT2D eigenvalue weighted by Crippen LogP contribution is -2.34. The van der Waals surface area contributed by atoms with Crippen molar-refractivity contribution in [3.8, 4) is 17.0 Å². The van der Waals surface area contributed by atoms with Crippen molar-refractivity contribution < 1.29 is 14.3 Å². The summed E-state index contributed by atoms with van der Waals surface area (Å²) in [6, 6.07) is 19.2. The summed E-state index contributed by atoms with van der Waals surface area (Å²) in [5.74, 6) is 0.438. The highest BCUT2D eigenvalue weighted by Gasteiger charge is 2.25. The Labute approximate surface area is 198 Å². The highest BCUT2D eigenvalue weighted by molar-refractivity contribution is 5.87. The first-order valence-electron chi connectivity index (χ1n) is 11.9. The lowest BCUT2D eigenvalue weighted by molar-refractivity contribution is -0.145. The third kappa shape index (κ3) is 6.50. The molecule has 1 unspecified atom stereocenters. The zero-order chi connectivity index (χ0) is 24.0. The summed E-state index contributed by atoms with van der Waals surface area (Å²) in [6.07, 6.45) is 3.93. The van der Waals surface area contributed by atoms with E-state index >= 15 is 0 Å². The number of hydrogen-bond acceptors (Lipinski definition) is 3. The predicted molar refractivity (Wildman–Crippen MR) is 137 cm³/mol. The number of para-hydroxylation sites is 1. The molecule has 4 heteroatoms. The molecule has 0 aliphatic rings. The van der Waals surface area contributed by atoms with E-state index in [-0.39, 0.29) is 12.1 Å². The van der Waals surface area contributed by atoms with Crippen molar-refractivity contribution in [2.75, 3.05) is 0 Å². The van der Waals surface area contributed by atoms with E-state index in [1.54, 1.807) is 6.92 Å². The zero-order valence-electron chi connectivity index (χ0n) is 20.7. The van der Waals surface area contributed by atoms with Gasteiger partial charge in [0.05, 0.1) is 0 Å². The van der Waals surface area contributed by atoms with E-state index in [4.69, 9.17) is 9.47 Å². The van der Waals surface area contributed by atoms with Gasteiger partial charge in [0.25, 0.3) is 0 Å². The van der Waals surface area contributed by atoms with Crippen LogP contribution in [0.15, 0.2) is 66.7 Å². The van der Waals surface area contributed by atoms with E-state index in [1.807, 2.05) is 32.9 Å². The molecule has 4 nitrogen and oxygen atoms in total. The number of esters is 1. The summed E-state index contributed by atoms with van der Waals surface area (Å²) >= 11 is 0. The number of nitrogens with zero attached hydrogens (tertiary/aromatic N) is 1. The molecule has 0 amide bonds. The van der Waals surface area contributed by atoms with Gasteiger partial charge < -0.3 is 14.0 Å². The van der Waals surface area contributed by atoms with Gasteiger partial charge in [-0.3, -0.25) is 0 Å². The average molecular weight is 448 g/mol. The molecule has 176 valence electrons. The van der Waals surface area contributed by atoms with Crippen LogP contribution in [0.25, 0.3) is 22.2 Å². The lowest BCUT2D eigenvalue weighted by atomic mass is 10.0. The van der Waals surface area contributed by atoms with Crippen LogP contribution < -0.4 is 4.74 Å². The Morgan fingerprint density at radius 1 is 1.09 bits per heavy atom. The van der Waals surface area contributed by atoms with Gasteiger partial charge in [0.2, 0.25) is 0 Å². The fraction of sp³-hybridized carbons (Fsp3) is 0.414. The smallest absolute Gasteiger partial charge is 0.333 e. The molecular weight excluding hydrogens is 410 g/mol. The topological polar surface area (TPSA) is 40.5 Å². The van der Waals surface area contributed by atoms with Gasteiger partial charge in [-0.25, -0.2) is 4.79 Å². The molecule has 0 N–H and O–H groups in total. The predicted octanol–water partition coefficient (Wildman–Crippen LogP) is 7.55. The molecule has 0 spiro atoms. The maximum absolute atomic E-state index is 11.8. The van der Waals surface area contributed by atoms with Crippen LogP contribution >= 0.6 is 0 Å². The van der Waals surface area contributed by atoms with E-state index in [1.165, 1.54) is 41.4 Å². The third-order valence-electron chi connectivity index (χ3n) is 5.78. The van der Waals surface area contributed by atoms with Crippen LogP contribution in [0, 0.1) is 0 Å². The van der Waals surface area contributed by atoms with Crippen LogP contribution in [0.1, 0.15) is 60.3 Å². The Morgan fingerprint density at radius 2 is 1.79 bits per heavy atom. The molecule has 0 saturated carbocycles. The summed E-state index contributed by atoms with van der Waals surface area (Å²) in [6.45, 7) is 14.5. The number of rotatable bonds is 11. The van der Waals surface area contributed by atoms with Gasteiger partial charge in [-0.1, -0.05) is 44.5 Å². The summed E-state index contributed by atoms with van der Waals surface area (Å²) in [5.41, 5.74) is 3.62. The molecule has 2 aromatic carbocycles. The highest BCUT2D eigenvalue weighted by Crippen LogP contribution is 2.31. The maximum Gasteiger partial charge on any atom is 0.333 e. The summed E-state index contributed by atoms with van der Waals surface area (Å²) in [5, 5.41) is 1.27. The van der Waals surface area contributed by atoms with Gasteiger partial charge >= 0.3 is 5.97 Å². The van der Waals surface area contributed by atoms with Gasteiger partial charge in [-0.15, -0.1) is 0 Å². The molecule has 1 atom stereocenters. The first kappa shape index (κ1) is 24.6. The molecule has 0 aliphatic carbocycles. The molecule has 0 radical (unpaired) electrons. The minimum absolute atomic E-state index is 0.262. The Hall–Kier alpha value is -3.01. The van der Waals surface area contributed by atoms with Crippen LogP contribution in [0.2, 0.25) is 0 Å². The van der Waals surface area contributed by atoms with E-state index in [9.17, 15) is 4.79 Å².